The van der Waals surface area contributed by atoms with Gasteiger partial charge in [0.05, 0.1) is 0 Å². The van der Waals surface area contributed by atoms with E-state index in [1.165, 1.54) is 24.0 Å². The molecule has 3 nitrogen and oxygen atoms in total. The van der Waals surface area contributed by atoms with Crippen molar-refractivity contribution in [1.29, 1.82) is 0 Å². The van der Waals surface area contributed by atoms with Gasteiger partial charge in [-0.05, 0) is 41.9 Å². The molecule has 20 heavy (non-hydrogen) atoms. The molecule has 1 aromatic rings. The Bertz CT molecular complexity index is 503. The Morgan fingerprint density at radius 3 is 3.05 bits per heavy atom. The zero-order chi connectivity index (χ0) is 13.9. The number of carbonyl (C=O) groups excluding carboxylic acids is 1. The third kappa shape index (κ3) is 2.86. The van der Waals surface area contributed by atoms with Gasteiger partial charge in [0.15, 0.2) is 0 Å². The smallest absolute Gasteiger partial charge is 0.251 e. The maximum absolute atomic E-state index is 12.4. The molecule has 2 aliphatic rings. The van der Waals surface area contributed by atoms with E-state index in [1.807, 2.05) is 23.9 Å². The van der Waals surface area contributed by atoms with Gasteiger partial charge in [0.2, 0.25) is 0 Å². The lowest BCUT2D eigenvalue weighted by molar-refractivity contribution is 0.0938. The van der Waals surface area contributed by atoms with E-state index in [0.717, 1.165) is 30.8 Å². The van der Waals surface area contributed by atoms with Crippen molar-refractivity contribution in [2.75, 3.05) is 5.75 Å². The Morgan fingerprint density at radius 2 is 2.20 bits per heavy atom. The summed E-state index contributed by atoms with van der Waals surface area (Å²) in [5.41, 5.74) is 3.39. The lowest BCUT2D eigenvalue weighted by atomic mass is 10.1. The van der Waals surface area contributed by atoms with Gasteiger partial charge in [-0.15, -0.1) is 0 Å². The van der Waals surface area contributed by atoms with E-state index in [9.17, 15) is 4.79 Å². The van der Waals surface area contributed by atoms with E-state index in [1.54, 1.807) is 0 Å². The van der Waals surface area contributed by atoms with Crippen molar-refractivity contribution in [2.24, 2.45) is 0 Å². The van der Waals surface area contributed by atoms with Crippen molar-refractivity contribution in [2.45, 2.75) is 50.6 Å². The van der Waals surface area contributed by atoms with Gasteiger partial charge < -0.3 is 10.6 Å². The molecular formula is C16H22N2OS. The summed E-state index contributed by atoms with van der Waals surface area (Å²) in [7, 11) is 0. The van der Waals surface area contributed by atoms with Gasteiger partial charge >= 0.3 is 0 Å². The summed E-state index contributed by atoms with van der Waals surface area (Å²) in [4.78, 5) is 12.4. The molecular weight excluding hydrogens is 268 g/mol. The fourth-order valence-corrected chi connectivity index (χ4v) is 4.39. The minimum atomic E-state index is 0.0910. The average molecular weight is 290 g/mol. The molecule has 2 atom stereocenters. The zero-order valence-corrected chi connectivity index (χ0v) is 12.8. The van der Waals surface area contributed by atoms with Crippen molar-refractivity contribution in [3.63, 3.8) is 0 Å². The summed E-state index contributed by atoms with van der Waals surface area (Å²) in [6.07, 6.45) is 3.59. The van der Waals surface area contributed by atoms with Crippen LogP contribution in [0.25, 0.3) is 0 Å². The summed E-state index contributed by atoms with van der Waals surface area (Å²) in [5, 5.41) is 7.15. The number of thioether (sulfide) groups is 1. The quantitative estimate of drug-likeness (QED) is 0.896. The van der Waals surface area contributed by atoms with Gasteiger partial charge in [-0.25, -0.2) is 0 Å². The summed E-state index contributed by atoms with van der Waals surface area (Å²) >= 11 is 1.98. The molecule has 1 aliphatic heterocycles. The number of carbonyl (C=O) groups is 1. The van der Waals surface area contributed by atoms with Crippen molar-refractivity contribution in [3.05, 3.63) is 34.9 Å². The monoisotopic (exact) mass is 290 g/mol. The molecule has 0 aromatic heterocycles. The average Bonchev–Trinajstić information content (AvgIpc) is 3.07. The first-order valence-corrected chi connectivity index (χ1v) is 8.58. The fourth-order valence-electron chi connectivity index (χ4n) is 3.19. The molecule has 1 fully saturated rings. The maximum atomic E-state index is 12.4. The van der Waals surface area contributed by atoms with Crippen molar-refractivity contribution in [3.8, 4) is 0 Å². The Morgan fingerprint density at radius 1 is 1.35 bits per heavy atom. The van der Waals surface area contributed by atoms with Crippen LogP contribution in [-0.2, 0) is 13.1 Å². The van der Waals surface area contributed by atoms with E-state index in [-0.39, 0.29) is 5.91 Å². The predicted molar refractivity (Wildman–Crippen MR) is 84.0 cm³/mol. The number of hydrogen-bond acceptors (Lipinski definition) is 3. The summed E-state index contributed by atoms with van der Waals surface area (Å²) < 4.78 is 0. The van der Waals surface area contributed by atoms with Crippen LogP contribution in [-0.4, -0.2) is 23.0 Å². The second kappa shape index (κ2) is 6.19. The van der Waals surface area contributed by atoms with Crippen LogP contribution in [0.1, 0.15) is 47.7 Å². The molecule has 1 saturated carbocycles. The van der Waals surface area contributed by atoms with Crippen LogP contribution >= 0.6 is 11.8 Å². The van der Waals surface area contributed by atoms with Crippen LogP contribution < -0.4 is 10.6 Å². The van der Waals surface area contributed by atoms with E-state index < -0.39 is 0 Å². The van der Waals surface area contributed by atoms with Crippen molar-refractivity contribution < 1.29 is 4.79 Å². The molecule has 108 valence electrons. The normalized spacial score (nSPS) is 24.6. The molecule has 1 aliphatic carbocycles. The minimum absolute atomic E-state index is 0.0910. The van der Waals surface area contributed by atoms with Crippen molar-refractivity contribution in [1.82, 2.24) is 10.6 Å². The Hall–Kier alpha value is -1.00. The molecule has 2 unspecified atom stereocenters. The van der Waals surface area contributed by atoms with E-state index in [2.05, 4.69) is 23.6 Å². The first-order chi connectivity index (χ1) is 9.78. The lowest BCUT2D eigenvalue weighted by Crippen LogP contribution is -2.38. The van der Waals surface area contributed by atoms with E-state index in [4.69, 9.17) is 0 Å². The van der Waals surface area contributed by atoms with Gasteiger partial charge in [-0.2, -0.15) is 11.8 Å². The molecule has 0 bridgehead atoms. The van der Waals surface area contributed by atoms with Gasteiger partial charge in [0.1, 0.15) is 0 Å². The second-order valence-corrected chi connectivity index (χ2v) is 7.11. The highest BCUT2D eigenvalue weighted by Crippen LogP contribution is 2.30. The van der Waals surface area contributed by atoms with Gasteiger partial charge in [-0.1, -0.05) is 19.4 Å². The van der Waals surface area contributed by atoms with Gasteiger partial charge in [0.25, 0.3) is 5.91 Å². The summed E-state index contributed by atoms with van der Waals surface area (Å²) in [6.45, 7) is 4.00. The first kappa shape index (κ1) is 14.0. The second-order valence-electron chi connectivity index (χ2n) is 5.59. The third-order valence-corrected chi connectivity index (χ3v) is 5.57. The molecule has 3 rings (SSSR count). The molecule has 0 saturated heterocycles. The number of nitrogens with one attached hydrogen (secondary N) is 2. The number of benzene rings is 1. The summed E-state index contributed by atoms with van der Waals surface area (Å²) in [5.74, 6) is 1.22. The maximum Gasteiger partial charge on any atom is 0.251 e. The standard InChI is InChI=1S/C16H22N2OS/c1-2-20-15-5-3-4-14(15)18-16(19)11-6-7-12-9-17-10-13(12)8-11/h6-8,14-15,17H,2-5,9-10H2,1H3,(H,18,19). The Kier molecular flexibility index (Phi) is 4.32. The van der Waals surface area contributed by atoms with Crippen LogP contribution in [0.2, 0.25) is 0 Å². The van der Waals surface area contributed by atoms with E-state index in [0.29, 0.717) is 11.3 Å². The molecule has 4 heteroatoms. The minimum Gasteiger partial charge on any atom is -0.348 e. The molecule has 0 radical (unpaired) electrons. The predicted octanol–water partition coefficient (Wildman–Crippen LogP) is 2.69. The van der Waals surface area contributed by atoms with Gasteiger partial charge in [-0.3, -0.25) is 4.79 Å². The topological polar surface area (TPSA) is 41.1 Å². The number of fused-ring (bicyclic) bond motifs is 1. The highest BCUT2D eigenvalue weighted by Gasteiger charge is 2.28. The zero-order valence-electron chi connectivity index (χ0n) is 11.9. The molecule has 1 aromatic carbocycles. The first-order valence-electron chi connectivity index (χ1n) is 7.53. The molecule has 2 N–H and O–H groups in total. The highest BCUT2D eigenvalue weighted by molar-refractivity contribution is 7.99. The lowest BCUT2D eigenvalue weighted by Gasteiger charge is -2.20. The SMILES string of the molecule is CCSC1CCCC1NC(=O)c1ccc2c(c1)CNC2. The number of rotatable bonds is 4. The van der Waals surface area contributed by atoms with Crippen LogP contribution in [0.15, 0.2) is 18.2 Å². The van der Waals surface area contributed by atoms with Crippen molar-refractivity contribution >= 4 is 17.7 Å². The van der Waals surface area contributed by atoms with Crippen LogP contribution in [0.4, 0.5) is 0 Å². The fraction of sp³-hybridized carbons (Fsp3) is 0.562. The molecule has 0 spiro atoms. The third-order valence-electron chi connectivity index (χ3n) is 4.25. The number of amides is 1. The Balaban J connectivity index is 1.67. The van der Waals surface area contributed by atoms with Crippen LogP contribution in [0.5, 0.6) is 0 Å². The van der Waals surface area contributed by atoms with E-state index >= 15 is 0 Å². The van der Waals surface area contributed by atoms with Crippen LogP contribution in [0.3, 0.4) is 0 Å². The molecule has 1 amide bonds. The summed E-state index contributed by atoms with van der Waals surface area (Å²) in [6, 6.07) is 6.43. The largest absolute Gasteiger partial charge is 0.348 e. The number of hydrogen-bond donors (Lipinski definition) is 2. The highest BCUT2D eigenvalue weighted by atomic mass is 32.2. The molecule has 1 heterocycles. The Labute approximate surface area is 124 Å². The van der Waals surface area contributed by atoms with Crippen LogP contribution in [0, 0.1) is 0 Å². The van der Waals surface area contributed by atoms with Gasteiger partial charge in [0, 0.05) is 29.9 Å².